The normalized spacial score (nSPS) is 11.5. The molecule has 0 fully saturated rings. The Hall–Kier alpha value is -3.79. The fourth-order valence-corrected chi connectivity index (χ4v) is 5.03. The van der Waals surface area contributed by atoms with Crippen LogP contribution in [0.15, 0.2) is 91.1 Å². The lowest BCUT2D eigenvalue weighted by Gasteiger charge is -2.20. The van der Waals surface area contributed by atoms with Crippen molar-refractivity contribution in [2.24, 2.45) is 0 Å². The van der Waals surface area contributed by atoms with Gasteiger partial charge in [-0.05, 0) is 60.3 Å². The summed E-state index contributed by atoms with van der Waals surface area (Å²) in [5.74, 6) is 0.776. The van der Waals surface area contributed by atoms with Crippen LogP contribution in [-0.2, 0) is 29.5 Å². The summed E-state index contributed by atoms with van der Waals surface area (Å²) in [6.07, 6.45) is 4.45. The lowest BCUT2D eigenvalue weighted by molar-refractivity contribution is 0.398. The summed E-state index contributed by atoms with van der Waals surface area (Å²) in [5, 5.41) is 16.1. The zero-order chi connectivity index (χ0) is 27.5. The monoisotopic (exact) mass is 545 g/mol. The second-order valence-electron chi connectivity index (χ2n) is 9.42. The molecule has 0 atom stereocenters. The highest BCUT2D eigenvalue weighted by Gasteiger charge is 2.17. The van der Waals surface area contributed by atoms with Crippen molar-refractivity contribution in [3.8, 4) is 17.0 Å². The molecule has 4 aromatic rings. The lowest BCUT2D eigenvalue weighted by Crippen LogP contribution is -2.32. The van der Waals surface area contributed by atoms with Gasteiger partial charge in [0.1, 0.15) is 5.75 Å². The van der Waals surface area contributed by atoms with Crippen LogP contribution >= 0.6 is 0 Å². The number of anilines is 1. The molecule has 0 aliphatic carbocycles. The molecular weight excluding hydrogens is 510 g/mol. The fraction of sp³-hybridized carbons (Fsp3) is 0.267. The molecule has 3 aromatic carbocycles. The van der Waals surface area contributed by atoms with Crippen LogP contribution in [0.3, 0.4) is 0 Å². The van der Waals surface area contributed by atoms with Crippen molar-refractivity contribution in [2.75, 3.05) is 31.2 Å². The molecule has 4 rings (SSSR count). The number of aromatic hydroxyl groups is 1. The molecule has 0 aliphatic heterocycles. The average Bonchev–Trinajstić information content (AvgIpc) is 2.94. The summed E-state index contributed by atoms with van der Waals surface area (Å²) in [7, 11) is -3.37. The number of benzene rings is 3. The van der Waals surface area contributed by atoms with E-state index in [-0.39, 0.29) is 5.75 Å². The van der Waals surface area contributed by atoms with E-state index in [2.05, 4.69) is 32.7 Å². The van der Waals surface area contributed by atoms with Crippen molar-refractivity contribution in [2.45, 2.75) is 25.9 Å². The maximum Gasteiger partial charge on any atom is 0.223 e. The molecule has 0 unspecified atom stereocenters. The Bertz CT molecular complexity index is 1430. The molecule has 0 bridgehead atoms. The third kappa shape index (κ3) is 9.17. The fourth-order valence-electron chi connectivity index (χ4n) is 4.19. The predicted molar refractivity (Wildman–Crippen MR) is 156 cm³/mol. The molecule has 1 heterocycles. The molecule has 0 saturated heterocycles. The number of hydrogen-bond donors (Lipinski definition) is 3. The molecule has 0 aliphatic rings. The van der Waals surface area contributed by atoms with Crippen LogP contribution in [0.4, 0.5) is 5.95 Å². The van der Waals surface area contributed by atoms with Crippen LogP contribution in [-0.4, -0.2) is 53.7 Å². The highest BCUT2D eigenvalue weighted by molar-refractivity contribution is 7.88. The molecule has 0 radical (unpaired) electrons. The summed E-state index contributed by atoms with van der Waals surface area (Å²) >= 11 is 0. The standard InChI is InChI=1S/C30H35N5O3S/c1-39(37,38)35(20-6-17-31-22-25-7-3-2-4-8-25)23-26-9-5-10-27(21-26)29-16-19-33-30(34-29)32-18-15-24-11-13-28(36)14-12-24/h2-5,7-14,16,19,21,31,36H,6,15,17-18,20,22-23H2,1H3,(H,32,33,34). The Balaban J connectivity index is 1.33. The van der Waals surface area contributed by atoms with Gasteiger partial charge in [0.15, 0.2) is 0 Å². The maximum absolute atomic E-state index is 12.5. The summed E-state index contributed by atoms with van der Waals surface area (Å²) in [6.45, 7) is 2.87. The molecule has 0 spiro atoms. The van der Waals surface area contributed by atoms with Crippen molar-refractivity contribution < 1.29 is 13.5 Å². The first kappa shape index (κ1) is 28.2. The number of rotatable bonds is 14. The third-order valence-corrected chi connectivity index (χ3v) is 7.52. The van der Waals surface area contributed by atoms with Gasteiger partial charge < -0.3 is 15.7 Å². The summed E-state index contributed by atoms with van der Waals surface area (Å²) in [6, 6.07) is 26.9. The van der Waals surface area contributed by atoms with Crippen molar-refractivity contribution in [1.82, 2.24) is 19.6 Å². The van der Waals surface area contributed by atoms with Gasteiger partial charge in [0.2, 0.25) is 16.0 Å². The Morgan fingerprint density at radius 3 is 2.41 bits per heavy atom. The van der Waals surface area contributed by atoms with Crippen LogP contribution in [0.1, 0.15) is 23.1 Å². The number of phenolic OH excluding ortho intramolecular Hbond substituents is 1. The SMILES string of the molecule is CS(=O)(=O)N(CCCNCc1ccccc1)Cc1cccc(-c2ccnc(NCCc3ccc(O)cc3)n2)c1. The van der Waals surface area contributed by atoms with Gasteiger partial charge in [0.25, 0.3) is 0 Å². The molecule has 0 amide bonds. The van der Waals surface area contributed by atoms with E-state index in [0.29, 0.717) is 32.0 Å². The molecule has 9 heteroatoms. The van der Waals surface area contributed by atoms with E-state index in [1.807, 2.05) is 60.7 Å². The Kier molecular flexibility index (Phi) is 10.0. The number of nitrogens with zero attached hydrogens (tertiary/aromatic N) is 3. The van der Waals surface area contributed by atoms with E-state index < -0.39 is 10.0 Å². The molecule has 3 N–H and O–H groups in total. The van der Waals surface area contributed by atoms with Crippen molar-refractivity contribution in [1.29, 1.82) is 0 Å². The van der Waals surface area contributed by atoms with E-state index in [1.165, 1.54) is 16.1 Å². The van der Waals surface area contributed by atoms with Crippen LogP contribution < -0.4 is 10.6 Å². The van der Waals surface area contributed by atoms with Crippen molar-refractivity contribution in [3.63, 3.8) is 0 Å². The second-order valence-corrected chi connectivity index (χ2v) is 11.4. The van der Waals surface area contributed by atoms with Gasteiger partial charge in [-0.15, -0.1) is 0 Å². The molecular formula is C30H35N5O3S. The molecule has 8 nitrogen and oxygen atoms in total. The van der Waals surface area contributed by atoms with Gasteiger partial charge in [-0.1, -0.05) is 60.7 Å². The van der Waals surface area contributed by atoms with Gasteiger partial charge in [-0.2, -0.15) is 4.31 Å². The van der Waals surface area contributed by atoms with Crippen molar-refractivity contribution >= 4 is 16.0 Å². The van der Waals surface area contributed by atoms with E-state index in [4.69, 9.17) is 0 Å². The first-order chi connectivity index (χ1) is 18.9. The van der Waals surface area contributed by atoms with Crippen LogP contribution in [0, 0.1) is 0 Å². The second kappa shape index (κ2) is 13.8. The summed E-state index contributed by atoms with van der Waals surface area (Å²) in [4.78, 5) is 8.98. The average molecular weight is 546 g/mol. The minimum Gasteiger partial charge on any atom is -0.508 e. The maximum atomic E-state index is 12.5. The lowest BCUT2D eigenvalue weighted by atomic mass is 10.1. The van der Waals surface area contributed by atoms with E-state index in [9.17, 15) is 13.5 Å². The molecule has 0 saturated carbocycles. The van der Waals surface area contributed by atoms with Gasteiger partial charge >= 0.3 is 0 Å². The summed E-state index contributed by atoms with van der Waals surface area (Å²) < 4.78 is 26.5. The van der Waals surface area contributed by atoms with E-state index in [1.54, 1.807) is 18.3 Å². The largest absolute Gasteiger partial charge is 0.508 e. The number of sulfonamides is 1. The molecule has 204 valence electrons. The third-order valence-electron chi connectivity index (χ3n) is 6.27. The minimum atomic E-state index is -3.37. The Labute approximate surface area is 230 Å². The first-order valence-corrected chi connectivity index (χ1v) is 14.9. The number of hydrogen-bond acceptors (Lipinski definition) is 7. The quantitative estimate of drug-likeness (QED) is 0.201. The van der Waals surface area contributed by atoms with Gasteiger partial charge in [-0.3, -0.25) is 0 Å². The number of phenols is 1. The topological polar surface area (TPSA) is 107 Å². The van der Waals surface area contributed by atoms with E-state index in [0.717, 1.165) is 41.9 Å². The predicted octanol–water partition coefficient (Wildman–Crippen LogP) is 4.45. The van der Waals surface area contributed by atoms with Crippen LogP contribution in [0.25, 0.3) is 11.3 Å². The van der Waals surface area contributed by atoms with E-state index >= 15 is 0 Å². The Morgan fingerprint density at radius 2 is 1.64 bits per heavy atom. The zero-order valence-corrected chi connectivity index (χ0v) is 22.9. The highest BCUT2D eigenvalue weighted by Crippen LogP contribution is 2.21. The number of nitrogens with one attached hydrogen (secondary N) is 2. The van der Waals surface area contributed by atoms with Gasteiger partial charge in [-0.25, -0.2) is 18.4 Å². The van der Waals surface area contributed by atoms with Crippen LogP contribution in [0.2, 0.25) is 0 Å². The zero-order valence-electron chi connectivity index (χ0n) is 22.1. The summed E-state index contributed by atoms with van der Waals surface area (Å²) in [5.41, 5.74) is 4.86. The smallest absolute Gasteiger partial charge is 0.223 e. The van der Waals surface area contributed by atoms with Gasteiger partial charge in [0.05, 0.1) is 11.9 Å². The Morgan fingerprint density at radius 1 is 0.872 bits per heavy atom. The van der Waals surface area contributed by atoms with Crippen LogP contribution in [0.5, 0.6) is 5.75 Å². The molecule has 1 aromatic heterocycles. The minimum absolute atomic E-state index is 0.250. The highest BCUT2D eigenvalue weighted by atomic mass is 32.2. The number of aromatic nitrogens is 2. The first-order valence-electron chi connectivity index (χ1n) is 13.0. The van der Waals surface area contributed by atoms with Crippen molar-refractivity contribution in [3.05, 3.63) is 108 Å². The molecule has 39 heavy (non-hydrogen) atoms. The van der Waals surface area contributed by atoms with Gasteiger partial charge in [0, 0.05) is 37.9 Å².